The van der Waals surface area contributed by atoms with Gasteiger partial charge in [0.25, 0.3) is 0 Å². The second kappa shape index (κ2) is 8.31. The second-order valence-corrected chi connectivity index (χ2v) is 6.47. The molecule has 126 valence electrons. The number of carbonyl (C=O) groups is 2. The van der Waals surface area contributed by atoms with Crippen molar-refractivity contribution in [2.24, 2.45) is 0 Å². The summed E-state index contributed by atoms with van der Waals surface area (Å²) in [5.74, 6) is -0.0594. The zero-order valence-corrected chi connectivity index (χ0v) is 14.5. The van der Waals surface area contributed by atoms with E-state index in [1.165, 1.54) is 6.42 Å². The molecule has 1 saturated heterocycles. The number of likely N-dealkylation sites (N-methyl/N-ethyl adjacent to an activating group) is 1. The van der Waals surface area contributed by atoms with Crippen molar-refractivity contribution < 1.29 is 9.59 Å². The normalized spacial score (nSPS) is 16.3. The van der Waals surface area contributed by atoms with E-state index in [9.17, 15) is 9.59 Å². The lowest BCUT2D eigenvalue weighted by Gasteiger charge is -2.32. The quantitative estimate of drug-likeness (QED) is 0.898. The van der Waals surface area contributed by atoms with Gasteiger partial charge < -0.3 is 10.2 Å². The van der Waals surface area contributed by atoms with Crippen LogP contribution in [0.3, 0.4) is 0 Å². The molecule has 0 radical (unpaired) electrons. The van der Waals surface area contributed by atoms with Gasteiger partial charge in [0.15, 0.2) is 0 Å². The third-order valence-corrected chi connectivity index (χ3v) is 4.42. The van der Waals surface area contributed by atoms with Gasteiger partial charge >= 0.3 is 0 Å². The number of rotatable bonds is 5. The molecule has 1 unspecified atom stereocenters. The Bertz CT molecular complexity index is 559. The van der Waals surface area contributed by atoms with E-state index in [2.05, 4.69) is 5.32 Å². The number of carbonyl (C=O) groups excluding carboxylic acids is 2. The molecule has 1 heterocycles. The average molecular weight is 338 g/mol. The van der Waals surface area contributed by atoms with Crippen LogP contribution in [0, 0.1) is 0 Å². The van der Waals surface area contributed by atoms with Crippen molar-refractivity contribution in [3.8, 4) is 0 Å². The lowest BCUT2D eigenvalue weighted by Crippen LogP contribution is -2.49. The third kappa shape index (κ3) is 5.22. The summed E-state index contributed by atoms with van der Waals surface area (Å²) < 4.78 is 0. The van der Waals surface area contributed by atoms with Crippen molar-refractivity contribution in [3.05, 3.63) is 29.3 Å². The first kappa shape index (κ1) is 17.8. The third-order valence-electron chi connectivity index (χ3n) is 4.19. The van der Waals surface area contributed by atoms with Crippen molar-refractivity contribution in [1.82, 2.24) is 9.80 Å². The number of hydrogen-bond acceptors (Lipinski definition) is 3. The largest absolute Gasteiger partial charge is 0.341 e. The molecular weight excluding hydrogens is 314 g/mol. The summed E-state index contributed by atoms with van der Waals surface area (Å²) in [6.07, 6.45) is 3.32. The monoisotopic (exact) mass is 337 g/mol. The Morgan fingerprint density at radius 3 is 2.65 bits per heavy atom. The van der Waals surface area contributed by atoms with Gasteiger partial charge in [0, 0.05) is 23.8 Å². The Labute approximate surface area is 142 Å². The predicted molar refractivity (Wildman–Crippen MR) is 92.6 cm³/mol. The maximum absolute atomic E-state index is 12.5. The number of halogens is 1. The minimum absolute atomic E-state index is 0.0998. The van der Waals surface area contributed by atoms with E-state index < -0.39 is 0 Å². The van der Waals surface area contributed by atoms with Crippen LogP contribution in [-0.4, -0.2) is 54.3 Å². The van der Waals surface area contributed by atoms with Crippen LogP contribution >= 0.6 is 11.6 Å². The molecule has 1 aromatic rings. The first-order valence-electron chi connectivity index (χ1n) is 8.02. The van der Waals surface area contributed by atoms with E-state index in [0.717, 1.165) is 25.9 Å². The summed E-state index contributed by atoms with van der Waals surface area (Å²) in [5.41, 5.74) is 0.658. The van der Waals surface area contributed by atoms with Gasteiger partial charge in [-0.15, -0.1) is 0 Å². The Morgan fingerprint density at radius 1 is 1.30 bits per heavy atom. The molecule has 1 N–H and O–H groups in total. The van der Waals surface area contributed by atoms with Crippen LogP contribution in [0.15, 0.2) is 24.3 Å². The fourth-order valence-corrected chi connectivity index (χ4v) is 2.89. The standard InChI is InChI=1S/C17H24ClN3O2/c1-13(17(23)21-9-4-3-5-10-21)20(2)12-16(22)19-15-8-6-7-14(18)11-15/h6-8,11,13H,3-5,9-10,12H2,1-2H3,(H,19,22). The Morgan fingerprint density at radius 2 is 2.00 bits per heavy atom. The smallest absolute Gasteiger partial charge is 0.239 e. The van der Waals surface area contributed by atoms with Crippen LogP contribution in [0.5, 0.6) is 0 Å². The Balaban J connectivity index is 1.85. The molecule has 0 aromatic heterocycles. The van der Waals surface area contributed by atoms with Crippen molar-refractivity contribution in [1.29, 1.82) is 0 Å². The van der Waals surface area contributed by atoms with E-state index in [1.54, 1.807) is 36.2 Å². The fourth-order valence-electron chi connectivity index (χ4n) is 2.70. The molecule has 6 heteroatoms. The number of likely N-dealkylation sites (tertiary alicyclic amines) is 1. The van der Waals surface area contributed by atoms with Crippen LogP contribution in [-0.2, 0) is 9.59 Å². The van der Waals surface area contributed by atoms with Crippen molar-refractivity contribution >= 4 is 29.1 Å². The molecule has 0 spiro atoms. The number of benzene rings is 1. The summed E-state index contributed by atoms with van der Waals surface area (Å²) >= 11 is 5.90. The molecule has 1 aliphatic rings. The highest BCUT2D eigenvalue weighted by atomic mass is 35.5. The summed E-state index contributed by atoms with van der Waals surface area (Å²) in [6.45, 7) is 3.66. The molecule has 23 heavy (non-hydrogen) atoms. The van der Waals surface area contributed by atoms with Gasteiger partial charge in [0.1, 0.15) is 0 Å². The van der Waals surface area contributed by atoms with Gasteiger partial charge in [-0.25, -0.2) is 0 Å². The van der Waals surface area contributed by atoms with Gasteiger partial charge in [-0.1, -0.05) is 17.7 Å². The van der Waals surface area contributed by atoms with E-state index in [-0.39, 0.29) is 24.4 Å². The zero-order chi connectivity index (χ0) is 16.8. The summed E-state index contributed by atoms with van der Waals surface area (Å²) in [6, 6.07) is 6.71. The van der Waals surface area contributed by atoms with Crippen LogP contribution < -0.4 is 5.32 Å². The first-order chi connectivity index (χ1) is 11.0. The molecule has 0 bridgehead atoms. The second-order valence-electron chi connectivity index (χ2n) is 6.04. The fraction of sp³-hybridized carbons (Fsp3) is 0.529. The Kier molecular flexibility index (Phi) is 6.42. The number of anilines is 1. The topological polar surface area (TPSA) is 52.7 Å². The molecule has 1 aliphatic heterocycles. The number of nitrogens with one attached hydrogen (secondary N) is 1. The molecule has 0 saturated carbocycles. The summed E-state index contributed by atoms with van der Waals surface area (Å²) in [4.78, 5) is 28.3. The van der Waals surface area contributed by atoms with E-state index >= 15 is 0 Å². The Hall–Kier alpha value is -1.59. The average Bonchev–Trinajstić information content (AvgIpc) is 2.54. The van der Waals surface area contributed by atoms with Crippen LogP contribution in [0.1, 0.15) is 26.2 Å². The number of piperidine rings is 1. The maximum Gasteiger partial charge on any atom is 0.239 e. The molecule has 5 nitrogen and oxygen atoms in total. The molecule has 0 aliphatic carbocycles. The van der Waals surface area contributed by atoms with Gasteiger partial charge in [0.2, 0.25) is 11.8 Å². The highest BCUT2D eigenvalue weighted by Gasteiger charge is 2.25. The van der Waals surface area contributed by atoms with Crippen molar-refractivity contribution in [2.75, 3.05) is 32.0 Å². The molecule has 1 fully saturated rings. The minimum Gasteiger partial charge on any atom is -0.341 e. The first-order valence-corrected chi connectivity index (χ1v) is 8.39. The molecule has 1 aromatic carbocycles. The number of nitrogens with zero attached hydrogens (tertiary/aromatic N) is 2. The van der Waals surface area contributed by atoms with Gasteiger partial charge in [0.05, 0.1) is 12.6 Å². The lowest BCUT2D eigenvalue weighted by atomic mass is 10.1. The van der Waals surface area contributed by atoms with Crippen LogP contribution in [0.25, 0.3) is 0 Å². The highest BCUT2D eigenvalue weighted by Crippen LogP contribution is 2.15. The molecule has 2 rings (SSSR count). The van der Waals surface area contributed by atoms with Crippen molar-refractivity contribution in [2.45, 2.75) is 32.2 Å². The van der Waals surface area contributed by atoms with Gasteiger partial charge in [-0.3, -0.25) is 14.5 Å². The van der Waals surface area contributed by atoms with Gasteiger partial charge in [-0.05, 0) is 51.4 Å². The van der Waals surface area contributed by atoms with E-state index in [0.29, 0.717) is 10.7 Å². The zero-order valence-electron chi connectivity index (χ0n) is 13.7. The maximum atomic E-state index is 12.5. The van der Waals surface area contributed by atoms with Gasteiger partial charge in [-0.2, -0.15) is 0 Å². The summed E-state index contributed by atoms with van der Waals surface area (Å²) in [7, 11) is 1.80. The number of amides is 2. The highest BCUT2D eigenvalue weighted by molar-refractivity contribution is 6.30. The SMILES string of the molecule is CC(C(=O)N1CCCCC1)N(C)CC(=O)Nc1cccc(Cl)c1. The van der Waals surface area contributed by atoms with Crippen LogP contribution in [0.2, 0.25) is 5.02 Å². The predicted octanol–water partition coefficient (Wildman–Crippen LogP) is 2.61. The van der Waals surface area contributed by atoms with E-state index in [4.69, 9.17) is 11.6 Å². The summed E-state index contributed by atoms with van der Waals surface area (Å²) in [5, 5.41) is 3.37. The number of hydrogen-bond donors (Lipinski definition) is 1. The van der Waals surface area contributed by atoms with Crippen LogP contribution in [0.4, 0.5) is 5.69 Å². The van der Waals surface area contributed by atoms with Crippen molar-refractivity contribution in [3.63, 3.8) is 0 Å². The molecular formula is C17H24ClN3O2. The van der Waals surface area contributed by atoms with E-state index in [1.807, 2.05) is 11.8 Å². The lowest BCUT2D eigenvalue weighted by molar-refractivity contribution is -0.137. The minimum atomic E-state index is -0.307. The molecule has 2 amide bonds. The molecule has 1 atom stereocenters.